The minimum atomic E-state index is -0.462. The predicted molar refractivity (Wildman–Crippen MR) is 115 cm³/mol. The topological polar surface area (TPSA) is 97.1 Å². The van der Waals surface area contributed by atoms with Gasteiger partial charge < -0.3 is 4.57 Å². The highest BCUT2D eigenvalue weighted by molar-refractivity contribution is 5.82. The van der Waals surface area contributed by atoms with E-state index in [0.29, 0.717) is 23.7 Å². The second kappa shape index (κ2) is 10.8. The van der Waals surface area contributed by atoms with Gasteiger partial charge in [-0.15, -0.1) is 0 Å². The van der Waals surface area contributed by atoms with E-state index >= 15 is 0 Å². The molecule has 0 amide bonds. The summed E-state index contributed by atoms with van der Waals surface area (Å²) in [4.78, 5) is 31.3. The van der Waals surface area contributed by atoms with Crippen molar-refractivity contribution in [1.82, 2.24) is 19.1 Å². The second-order valence-electron chi connectivity index (χ2n) is 7.41. The molecular weight excluding hydrogens is 356 g/mol. The third-order valence-electron chi connectivity index (χ3n) is 4.98. The van der Waals surface area contributed by atoms with E-state index in [2.05, 4.69) is 34.3 Å². The van der Waals surface area contributed by atoms with Gasteiger partial charge in [-0.05, 0) is 26.2 Å². The number of nitrogens with one attached hydrogen (secondary N) is 2. The lowest BCUT2D eigenvalue weighted by atomic mass is 10.1. The molecule has 8 heteroatoms. The van der Waals surface area contributed by atoms with E-state index in [0.717, 1.165) is 37.8 Å². The van der Waals surface area contributed by atoms with Gasteiger partial charge in [0, 0.05) is 19.3 Å². The molecule has 2 aromatic rings. The van der Waals surface area contributed by atoms with Crippen molar-refractivity contribution in [3.63, 3.8) is 0 Å². The molecule has 2 rings (SSSR count). The molecule has 156 valence electrons. The standard InChI is InChI=1S/C20H34N6O2/c1-5-7-9-10-11-12-14-26-16-17(25(4)20(28)22-18(16)27)21-19(26)24-23-15(3)13-8-6-2/h5-14H2,1-4H3,(H,21,24)(H,22,27,28)/b23-15+. The number of hydrazone groups is 1. The van der Waals surface area contributed by atoms with Crippen LogP contribution in [-0.2, 0) is 13.6 Å². The number of hydrogen-bond acceptors (Lipinski definition) is 5. The molecule has 0 fully saturated rings. The fourth-order valence-electron chi connectivity index (χ4n) is 3.22. The molecule has 0 aromatic carbocycles. The minimum absolute atomic E-state index is 0.378. The average molecular weight is 391 g/mol. The van der Waals surface area contributed by atoms with Crippen molar-refractivity contribution in [2.75, 3.05) is 5.43 Å². The summed E-state index contributed by atoms with van der Waals surface area (Å²) >= 11 is 0. The molecule has 0 saturated carbocycles. The first-order valence-electron chi connectivity index (χ1n) is 10.5. The van der Waals surface area contributed by atoms with E-state index in [1.807, 2.05) is 11.5 Å². The van der Waals surface area contributed by atoms with Gasteiger partial charge in [-0.25, -0.2) is 10.2 Å². The monoisotopic (exact) mass is 390 g/mol. The second-order valence-corrected chi connectivity index (χ2v) is 7.41. The van der Waals surface area contributed by atoms with E-state index < -0.39 is 11.2 Å². The Labute approximate surface area is 166 Å². The molecule has 2 N–H and O–H groups in total. The van der Waals surface area contributed by atoms with Crippen LogP contribution in [0.25, 0.3) is 11.2 Å². The average Bonchev–Trinajstić information content (AvgIpc) is 3.04. The van der Waals surface area contributed by atoms with Crippen LogP contribution in [0.2, 0.25) is 0 Å². The summed E-state index contributed by atoms with van der Waals surface area (Å²) in [5, 5.41) is 4.42. The Kier molecular flexibility index (Phi) is 8.47. The Bertz CT molecular complexity index is 906. The summed E-state index contributed by atoms with van der Waals surface area (Å²) in [6, 6.07) is 0. The van der Waals surface area contributed by atoms with Gasteiger partial charge in [-0.3, -0.25) is 14.3 Å². The van der Waals surface area contributed by atoms with Crippen LogP contribution < -0.4 is 16.7 Å². The normalized spacial score (nSPS) is 12.1. The Morgan fingerprint density at radius 3 is 2.46 bits per heavy atom. The highest BCUT2D eigenvalue weighted by Gasteiger charge is 2.17. The predicted octanol–water partition coefficient (Wildman–Crippen LogP) is 3.76. The van der Waals surface area contributed by atoms with E-state index in [1.165, 1.54) is 30.3 Å². The third-order valence-corrected chi connectivity index (χ3v) is 4.98. The number of aryl methyl sites for hydroxylation is 2. The summed E-state index contributed by atoms with van der Waals surface area (Å²) in [5.74, 6) is 0.506. The summed E-state index contributed by atoms with van der Waals surface area (Å²) in [6.07, 6.45) is 10.1. The highest BCUT2D eigenvalue weighted by atomic mass is 16.2. The minimum Gasteiger partial charge on any atom is -0.303 e. The number of aromatic nitrogens is 4. The SMILES string of the molecule is CCCCCCCCn1c(N/N=C(\C)CCCC)nc2c1c(=O)[nH]c(=O)n2C. The van der Waals surface area contributed by atoms with Gasteiger partial charge >= 0.3 is 5.69 Å². The van der Waals surface area contributed by atoms with Crippen molar-refractivity contribution >= 4 is 22.8 Å². The number of nitrogens with zero attached hydrogens (tertiary/aromatic N) is 4. The van der Waals surface area contributed by atoms with Crippen molar-refractivity contribution in [2.24, 2.45) is 12.1 Å². The molecule has 0 unspecified atom stereocenters. The van der Waals surface area contributed by atoms with Crippen molar-refractivity contribution in [1.29, 1.82) is 0 Å². The number of fused-ring (bicyclic) bond motifs is 1. The summed E-state index contributed by atoms with van der Waals surface area (Å²) in [6.45, 7) is 6.99. The Hall–Kier alpha value is -2.38. The first-order valence-corrected chi connectivity index (χ1v) is 10.5. The molecule has 0 bridgehead atoms. The van der Waals surface area contributed by atoms with Gasteiger partial charge in [0.15, 0.2) is 11.2 Å². The third kappa shape index (κ3) is 5.56. The molecule has 0 aliphatic heterocycles. The number of anilines is 1. The molecule has 0 radical (unpaired) electrons. The van der Waals surface area contributed by atoms with Crippen LogP contribution in [0.1, 0.15) is 78.6 Å². The van der Waals surface area contributed by atoms with E-state index in [1.54, 1.807) is 7.05 Å². The van der Waals surface area contributed by atoms with Gasteiger partial charge in [-0.2, -0.15) is 10.1 Å². The zero-order valence-corrected chi connectivity index (χ0v) is 17.7. The molecular formula is C20H34N6O2. The van der Waals surface area contributed by atoms with Gasteiger partial charge in [0.1, 0.15) is 0 Å². The number of aromatic amines is 1. The van der Waals surface area contributed by atoms with Gasteiger partial charge in [0.2, 0.25) is 5.95 Å². The largest absolute Gasteiger partial charge is 0.329 e. The van der Waals surface area contributed by atoms with Crippen molar-refractivity contribution in [3.8, 4) is 0 Å². The molecule has 2 aromatic heterocycles. The first-order chi connectivity index (χ1) is 13.5. The van der Waals surface area contributed by atoms with Crippen LogP contribution in [0.4, 0.5) is 5.95 Å². The summed E-state index contributed by atoms with van der Waals surface area (Å²) < 4.78 is 3.22. The van der Waals surface area contributed by atoms with Crippen molar-refractivity contribution in [3.05, 3.63) is 20.8 Å². The maximum absolute atomic E-state index is 12.4. The lowest BCUT2D eigenvalue weighted by molar-refractivity contribution is 0.565. The molecule has 28 heavy (non-hydrogen) atoms. The van der Waals surface area contributed by atoms with E-state index in [9.17, 15) is 9.59 Å². The molecule has 0 saturated heterocycles. The number of hydrogen-bond donors (Lipinski definition) is 2. The number of unbranched alkanes of at least 4 members (excludes halogenated alkanes) is 6. The van der Waals surface area contributed by atoms with Crippen LogP contribution in [0.15, 0.2) is 14.7 Å². The Morgan fingerprint density at radius 1 is 1.07 bits per heavy atom. The number of H-pyrrole nitrogens is 1. The van der Waals surface area contributed by atoms with E-state index in [-0.39, 0.29) is 0 Å². The van der Waals surface area contributed by atoms with E-state index in [4.69, 9.17) is 0 Å². The van der Waals surface area contributed by atoms with Crippen LogP contribution in [-0.4, -0.2) is 24.8 Å². The molecule has 0 atom stereocenters. The fraction of sp³-hybridized carbons (Fsp3) is 0.700. The lowest BCUT2D eigenvalue weighted by Crippen LogP contribution is -2.29. The van der Waals surface area contributed by atoms with Gasteiger partial charge in [-0.1, -0.05) is 52.4 Å². The molecule has 0 aliphatic rings. The highest BCUT2D eigenvalue weighted by Crippen LogP contribution is 2.17. The molecule has 0 spiro atoms. The smallest absolute Gasteiger partial charge is 0.303 e. The Morgan fingerprint density at radius 2 is 1.75 bits per heavy atom. The molecule has 8 nitrogen and oxygen atoms in total. The summed E-state index contributed by atoms with van der Waals surface area (Å²) in [7, 11) is 1.61. The maximum Gasteiger partial charge on any atom is 0.329 e. The fourth-order valence-corrected chi connectivity index (χ4v) is 3.22. The molecule has 0 aliphatic carbocycles. The maximum atomic E-state index is 12.4. The van der Waals surface area contributed by atoms with Crippen LogP contribution in [0, 0.1) is 0 Å². The van der Waals surface area contributed by atoms with Crippen molar-refractivity contribution in [2.45, 2.75) is 85.1 Å². The molecule has 2 heterocycles. The van der Waals surface area contributed by atoms with Crippen LogP contribution in [0.3, 0.4) is 0 Å². The van der Waals surface area contributed by atoms with Crippen LogP contribution in [0.5, 0.6) is 0 Å². The van der Waals surface area contributed by atoms with Crippen LogP contribution >= 0.6 is 0 Å². The number of imidazole rings is 1. The zero-order chi connectivity index (χ0) is 20.5. The van der Waals surface area contributed by atoms with Gasteiger partial charge in [0.05, 0.1) is 0 Å². The van der Waals surface area contributed by atoms with Crippen molar-refractivity contribution < 1.29 is 0 Å². The number of rotatable bonds is 12. The lowest BCUT2D eigenvalue weighted by Gasteiger charge is -2.09. The Balaban J connectivity index is 2.28. The zero-order valence-electron chi connectivity index (χ0n) is 17.7. The quantitative estimate of drug-likeness (QED) is 0.327. The first kappa shape index (κ1) is 21.9. The summed E-state index contributed by atoms with van der Waals surface area (Å²) in [5.41, 5.74) is 3.93. The van der Waals surface area contributed by atoms with Gasteiger partial charge in [0.25, 0.3) is 5.56 Å².